The Labute approximate surface area is 102 Å². The molecule has 0 aliphatic rings. The molecule has 100 valence electrons. The van der Waals surface area contributed by atoms with Crippen LogP contribution in [0.4, 0.5) is 8.78 Å². The van der Waals surface area contributed by atoms with E-state index in [1.54, 1.807) is 0 Å². The Morgan fingerprint density at radius 2 is 2.06 bits per heavy atom. The Bertz CT molecular complexity index is 465. The largest absolute Gasteiger partial charge is 0.493 e. The molecule has 3 N–H and O–H groups in total. The van der Waals surface area contributed by atoms with E-state index in [0.29, 0.717) is 0 Å². The van der Waals surface area contributed by atoms with Gasteiger partial charge in [-0.3, -0.25) is 4.79 Å². The highest BCUT2D eigenvalue weighted by Gasteiger charge is 2.24. The van der Waals surface area contributed by atoms with Crippen LogP contribution in [0.15, 0.2) is 6.07 Å². The molecule has 5 nitrogen and oxygen atoms in total. The van der Waals surface area contributed by atoms with E-state index in [4.69, 9.17) is 20.3 Å². The number of carboxylic acids is 1. The Morgan fingerprint density at radius 1 is 1.44 bits per heavy atom. The summed E-state index contributed by atoms with van der Waals surface area (Å²) in [6, 6.07) is -0.538. The second-order valence-electron chi connectivity index (χ2n) is 3.54. The zero-order chi connectivity index (χ0) is 13.9. The fraction of sp³-hybridized carbons (Fsp3) is 0.364. The molecule has 0 heterocycles. The van der Waals surface area contributed by atoms with Gasteiger partial charge in [0.25, 0.3) is 0 Å². The molecule has 0 fully saturated rings. The van der Waals surface area contributed by atoms with Gasteiger partial charge in [-0.2, -0.15) is 0 Å². The summed E-state index contributed by atoms with van der Waals surface area (Å²) in [5.41, 5.74) is 5.04. The second-order valence-corrected chi connectivity index (χ2v) is 3.54. The van der Waals surface area contributed by atoms with Crippen molar-refractivity contribution in [1.82, 2.24) is 0 Å². The smallest absolute Gasteiger partial charge is 0.320 e. The number of halogens is 2. The van der Waals surface area contributed by atoms with Gasteiger partial charge in [0.2, 0.25) is 0 Å². The molecule has 1 atom stereocenters. The summed E-state index contributed by atoms with van der Waals surface area (Å²) in [5.74, 6) is -3.75. The highest BCUT2D eigenvalue weighted by molar-refractivity contribution is 5.73. The molecular formula is C11H13F2NO4. The third-order valence-electron chi connectivity index (χ3n) is 2.40. The van der Waals surface area contributed by atoms with Crippen LogP contribution in [0.25, 0.3) is 0 Å². The molecule has 1 aromatic rings. The van der Waals surface area contributed by atoms with Gasteiger partial charge in [-0.05, 0) is 0 Å². The number of rotatable bonds is 5. The minimum atomic E-state index is -1.36. The van der Waals surface area contributed by atoms with Gasteiger partial charge in [-0.25, -0.2) is 8.78 Å². The monoisotopic (exact) mass is 261 g/mol. The van der Waals surface area contributed by atoms with Crippen molar-refractivity contribution in [3.8, 4) is 11.5 Å². The van der Waals surface area contributed by atoms with Crippen molar-refractivity contribution in [1.29, 1.82) is 0 Å². The van der Waals surface area contributed by atoms with Crippen molar-refractivity contribution < 1.29 is 28.2 Å². The van der Waals surface area contributed by atoms with Crippen LogP contribution in [0.2, 0.25) is 0 Å². The summed E-state index contributed by atoms with van der Waals surface area (Å²) >= 11 is 0. The van der Waals surface area contributed by atoms with Gasteiger partial charge in [-0.1, -0.05) is 0 Å². The van der Waals surface area contributed by atoms with Crippen molar-refractivity contribution in [2.45, 2.75) is 12.5 Å². The van der Waals surface area contributed by atoms with Crippen LogP contribution < -0.4 is 15.2 Å². The van der Waals surface area contributed by atoms with Crippen molar-refractivity contribution in [3.05, 3.63) is 23.3 Å². The van der Waals surface area contributed by atoms with Crippen LogP contribution in [-0.2, 0) is 11.2 Å². The van der Waals surface area contributed by atoms with Gasteiger partial charge >= 0.3 is 5.97 Å². The van der Waals surface area contributed by atoms with Crippen molar-refractivity contribution in [2.75, 3.05) is 14.2 Å². The molecule has 0 saturated heterocycles. The first kappa shape index (κ1) is 14.2. The first-order valence-corrected chi connectivity index (χ1v) is 4.99. The molecule has 1 rings (SSSR count). The van der Waals surface area contributed by atoms with E-state index in [-0.39, 0.29) is 17.1 Å². The molecule has 0 aromatic heterocycles. The third kappa shape index (κ3) is 2.67. The second kappa shape index (κ2) is 5.63. The van der Waals surface area contributed by atoms with Gasteiger partial charge in [0.15, 0.2) is 23.1 Å². The van der Waals surface area contributed by atoms with Crippen molar-refractivity contribution in [3.63, 3.8) is 0 Å². The molecule has 18 heavy (non-hydrogen) atoms. The molecule has 0 spiro atoms. The van der Waals surface area contributed by atoms with E-state index in [1.165, 1.54) is 14.2 Å². The van der Waals surface area contributed by atoms with Crippen LogP contribution >= 0.6 is 0 Å². The van der Waals surface area contributed by atoms with Crippen LogP contribution in [-0.4, -0.2) is 31.3 Å². The van der Waals surface area contributed by atoms with Crippen molar-refractivity contribution in [2.24, 2.45) is 5.73 Å². The minimum absolute atomic E-state index is 0.0241. The molecular weight excluding hydrogens is 248 g/mol. The SMILES string of the molecule is COc1cc(F)c(F)c(CC(N)C(=O)O)c1OC. The molecule has 0 aliphatic heterocycles. The third-order valence-corrected chi connectivity index (χ3v) is 2.40. The standard InChI is InChI=1S/C11H13F2NO4/c1-17-8-4-6(12)9(13)5(10(8)18-2)3-7(14)11(15)16/h4,7H,3,14H2,1-2H3,(H,15,16). The van der Waals surface area contributed by atoms with Crippen LogP contribution in [0.1, 0.15) is 5.56 Å². The topological polar surface area (TPSA) is 81.8 Å². The van der Waals surface area contributed by atoms with E-state index in [2.05, 4.69) is 0 Å². The molecule has 0 aliphatic carbocycles. The van der Waals surface area contributed by atoms with E-state index < -0.39 is 30.1 Å². The fourth-order valence-corrected chi connectivity index (χ4v) is 1.50. The van der Waals surface area contributed by atoms with Crippen LogP contribution in [0.3, 0.4) is 0 Å². The number of nitrogens with two attached hydrogens (primary N) is 1. The number of carbonyl (C=O) groups is 1. The quantitative estimate of drug-likeness (QED) is 0.824. The number of methoxy groups -OCH3 is 2. The van der Waals surface area contributed by atoms with E-state index in [9.17, 15) is 13.6 Å². The highest BCUT2D eigenvalue weighted by Crippen LogP contribution is 2.35. The summed E-state index contributed by atoms with van der Waals surface area (Å²) in [4.78, 5) is 10.6. The molecule has 1 unspecified atom stereocenters. The summed E-state index contributed by atoms with van der Waals surface area (Å²) < 4.78 is 36.7. The molecule has 0 radical (unpaired) electrons. The fourth-order valence-electron chi connectivity index (χ4n) is 1.50. The van der Waals surface area contributed by atoms with E-state index in [0.717, 1.165) is 6.07 Å². The maximum Gasteiger partial charge on any atom is 0.320 e. The van der Waals surface area contributed by atoms with Gasteiger partial charge in [0.05, 0.1) is 14.2 Å². The van der Waals surface area contributed by atoms with E-state index >= 15 is 0 Å². The lowest BCUT2D eigenvalue weighted by Gasteiger charge is -2.15. The average molecular weight is 261 g/mol. The Balaban J connectivity index is 3.30. The zero-order valence-corrected chi connectivity index (χ0v) is 9.87. The minimum Gasteiger partial charge on any atom is -0.493 e. The first-order chi connectivity index (χ1) is 8.42. The predicted octanol–water partition coefficient (Wildman–Crippen LogP) is 0.936. The van der Waals surface area contributed by atoms with Gasteiger partial charge in [0.1, 0.15) is 6.04 Å². The predicted molar refractivity (Wildman–Crippen MR) is 58.8 cm³/mol. The Morgan fingerprint density at radius 3 is 2.50 bits per heavy atom. The Hall–Kier alpha value is -1.89. The molecule has 7 heteroatoms. The number of hydrogen-bond donors (Lipinski definition) is 2. The zero-order valence-electron chi connectivity index (χ0n) is 9.87. The average Bonchev–Trinajstić information content (AvgIpc) is 2.34. The number of ether oxygens (including phenoxy) is 2. The van der Waals surface area contributed by atoms with Gasteiger partial charge in [0, 0.05) is 18.1 Å². The number of hydrogen-bond acceptors (Lipinski definition) is 4. The molecule has 1 aromatic carbocycles. The normalized spacial score (nSPS) is 12.1. The van der Waals surface area contributed by atoms with Gasteiger partial charge < -0.3 is 20.3 Å². The van der Waals surface area contributed by atoms with Crippen molar-refractivity contribution >= 4 is 5.97 Å². The van der Waals surface area contributed by atoms with Gasteiger partial charge in [-0.15, -0.1) is 0 Å². The highest BCUT2D eigenvalue weighted by atomic mass is 19.2. The summed E-state index contributed by atoms with van der Waals surface area (Å²) in [7, 11) is 2.50. The Kier molecular flexibility index (Phi) is 4.43. The summed E-state index contributed by atoms with van der Waals surface area (Å²) in [6.07, 6.45) is -0.404. The number of benzene rings is 1. The lowest BCUT2D eigenvalue weighted by molar-refractivity contribution is -0.138. The lowest BCUT2D eigenvalue weighted by Crippen LogP contribution is -2.32. The molecule has 0 bridgehead atoms. The molecule has 0 amide bonds. The summed E-state index contributed by atoms with van der Waals surface area (Å²) in [6.45, 7) is 0. The maximum absolute atomic E-state index is 13.6. The summed E-state index contributed by atoms with van der Waals surface area (Å²) in [5, 5.41) is 8.68. The molecule has 0 saturated carbocycles. The van der Waals surface area contributed by atoms with Crippen LogP contribution in [0.5, 0.6) is 11.5 Å². The number of carboxylic acid groups (broad SMARTS) is 1. The maximum atomic E-state index is 13.6. The number of aliphatic carboxylic acids is 1. The first-order valence-electron chi connectivity index (χ1n) is 4.99. The van der Waals surface area contributed by atoms with Crippen LogP contribution in [0, 0.1) is 11.6 Å². The van der Waals surface area contributed by atoms with E-state index in [1.807, 2.05) is 0 Å². The lowest BCUT2D eigenvalue weighted by atomic mass is 10.0.